The Labute approximate surface area is 164 Å². The van der Waals surface area contributed by atoms with Crippen LogP contribution in [-0.4, -0.2) is 45.1 Å². The van der Waals surface area contributed by atoms with Crippen molar-refractivity contribution < 1.29 is 14.7 Å². The maximum absolute atomic E-state index is 13.3. The van der Waals surface area contributed by atoms with Crippen LogP contribution in [0.3, 0.4) is 0 Å². The first-order valence-corrected chi connectivity index (χ1v) is 9.94. The summed E-state index contributed by atoms with van der Waals surface area (Å²) in [5.74, 6) is 0.762. The molecular weight excluding hydrogens is 412 g/mol. The number of carboxylic acid groups (broad SMARTS) is 1. The molecule has 0 radical (unpaired) electrons. The number of nitrogens with zero attached hydrogens (tertiary/aromatic N) is 3. The number of imidazole rings is 1. The highest BCUT2D eigenvalue weighted by Gasteiger charge is 2.59. The molecule has 3 heterocycles. The molecule has 0 atom stereocenters. The van der Waals surface area contributed by atoms with E-state index in [1.54, 1.807) is 4.90 Å². The zero-order chi connectivity index (χ0) is 18.8. The molecule has 1 aromatic heterocycles. The molecule has 27 heavy (non-hydrogen) atoms. The van der Waals surface area contributed by atoms with Gasteiger partial charge in [0.2, 0.25) is 5.91 Å². The van der Waals surface area contributed by atoms with Gasteiger partial charge in [-0.2, -0.15) is 0 Å². The number of carbonyl (C=O) groups is 2. The predicted octanol–water partition coefficient (Wildman–Crippen LogP) is 2.83. The number of hydrogen-bond donors (Lipinski definition) is 2. The molecule has 5 rings (SSSR count). The maximum Gasteiger partial charge on any atom is 0.407 e. The molecule has 2 N–H and O–H groups in total. The van der Waals surface area contributed by atoms with Gasteiger partial charge in [0.25, 0.3) is 0 Å². The van der Waals surface area contributed by atoms with E-state index in [4.69, 9.17) is 4.98 Å². The van der Waals surface area contributed by atoms with Gasteiger partial charge >= 0.3 is 6.09 Å². The van der Waals surface area contributed by atoms with Gasteiger partial charge in [-0.25, -0.2) is 9.78 Å². The number of aromatic amines is 1. The lowest BCUT2D eigenvalue weighted by molar-refractivity contribution is -0.128. The molecule has 1 aromatic carbocycles. The fourth-order valence-electron chi connectivity index (χ4n) is 4.55. The Morgan fingerprint density at radius 1 is 1.30 bits per heavy atom. The lowest BCUT2D eigenvalue weighted by Gasteiger charge is -2.45. The molecule has 1 saturated heterocycles. The van der Waals surface area contributed by atoms with Crippen molar-refractivity contribution in [1.82, 2.24) is 14.9 Å². The van der Waals surface area contributed by atoms with E-state index in [9.17, 15) is 14.7 Å². The first kappa shape index (κ1) is 16.8. The molecule has 1 spiro atoms. The largest absolute Gasteiger partial charge is 0.465 e. The molecule has 140 valence electrons. The van der Waals surface area contributed by atoms with Gasteiger partial charge in [-0.15, -0.1) is 0 Å². The van der Waals surface area contributed by atoms with Crippen LogP contribution in [0, 0.1) is 0 Å². The van der Waals surface area contributed by atoms with E-state index in [0.717, 1.165) is 46.5 Å². The van der Waals surface area contributed by atoms with Gasteiger partial charge in [-0.05, 0) is 49.4 Å². The van der Waals surface area contributed by atoms with Crippen LogP contribution in [-0.2, 0) is 29.6 Å². The number of likely N-dealkylation sites (tertiary alicyclic amines) is 1. The summed E-state index contributed by atoms with van der Waals surface area (Å²) in [7, 11) is 0. The summed E-state index contributed by atoms with van der Waals surface area (Å²) in [5, 5.41) is 9.24. The average molecular weight is 431 g/mol. The van der Waals surface area contributed by atoms with Gasteiger partial charge in [0.15, 0.2) is 0 Å². The maximum atomic E-state index is 13.3. The van der Waals surface area contributed by atoms with Crippen LogP contribution >= 0.6 is 15.9 Å². The summed E-state index contributed by atoms with van der Waals surface area (Å²) in [6, 6.07) is 5.79. The van der Waals surface area contributed by atoms with Crippen molar-refractivity contribution in [3.05, 3.63) is 45.4 Å². The fraction of sp³-hybridized carbons (Fsp3) is 0.421. The van der Waals surface area contributed by atoms with Crippen LogP contribution in [0.25, 0.3) is 0 Å². The van der Waals surface area contributed by atoms with Gasteiger partial charge in [0, 0.05) is 28.9 Å². The number of benzene rings is 1. The average Bonchev–Trinajstić information content (AvgIpc) is 3.10. The second kappa shape index (κ2) is 5.82. The highest BCUT2D eigenvalue weighted by atomic mass is 79.9. The normalized spacial score (nSPS) is 19.8. The quantitative estimate of drug-likeness (QED) is 0.766. The van der Waals surface area contributed by atoms with Crippen LogP contribution in [0.1, 0.15) is 35.6 Å². The molecular formula is C19H19BrN4O3. The third-order valence-corrected chi connectivity index (χ3v) is 6.42. The van der Waals surface area contributed by atoms with E-state index >= 15 is 0 Å². The number of aryl methyl sites for hydroxylation is 2. The second-order valence-corrected chi connectivity index (χ2v) is 8.51. The second-order valence-electron chi connectivity index (χ2n) is 7.59. The molecule has 0 unspecified atom stereocenters. The van der Waals surface area contributed by atoms with E-state index in [-0.39, 0.29) is 19.0 Å². The highest BCUT2D eigenvalue weighted by Crippen LogP contribution is 2.48. The SMILES string of the molecule is O=C(O)N1CC2(C1)C(=O)N(Cc1nc3c([nH]1)CCCC3)c1ccc(Br)cc12. The molecule has 2 amide bonds. The Morgan fingerprint density at radius 2 is 2.07 bits per heavy atom. The number of nitrogens with one attached hydrogen (secondary N) is 1. The van der Waals surface area contributed by atoms with Crippen molar-refractivity contribution in [2.75, 3.05) is 18.0 Å². The number of anilines is 1. The highest BCUT2D eigenvalue weighted by molar-refractivity contribution is 9.10. The van der Waals surface area contributed by atoms with E-state index in [0.29, 0.717) is 6.54 Å². The monoisotopic (exact) mass is 430 g/mol. The zero-order valence-electron chi connectivity index (χ0n) is 14.7. The van der Waals surface area contributed by atoms with Gasteiger partial charge in [0.05, 0.1) is 12.2 Å². The Morgan fingerprint density at radius 3 is 2.81 bits per heavy atom. The lowest BCUT2D eigenvalue weighted by Crippen LogP contribution is -2.65. The van der Waals surface area contributed by atoms with Crippen molar-refractivity contribution in [3.8, 4) is 0 Å². The first-order chi connectivity index (χ1) is 13.0. The molecule has 1 fully saturated rings. The van der Waals surface area contributed by atoms with Gasteiger partial charge in [-0.1, -0.05) is 15.9 Å². The number of H-pyrrole nitrogens is 1. The van der Waals surface area contributed by atoms with Crippen molar-refractivity contribution in [3.63, 3.8) is 0 Å². The summed E-state index contributed by atoms with van der Waals surface area (Å²) in [6.45, 7) is 0.792. The molecule has 0 saturated carbocycles. The van der Waals surface area contributed by atoms with E-state index in [1.807, 2.05) is 18.2 Å². The minimum atomic E-state index is -0.984. The third-order valence-electron chi connectivity index (χ3n) is 5.92. The Kier molecular flexibility index (Phi) is 3.62. The van der Waals surface area contributed by atoms with Crippen LogP contribution in [0.4, 0.5) is 10.5 Å². The Hall–Kier alpha value is -2.35. The van der Waals surface area contributed by atoms with Gasteiger partial charge < -0.3 is 19.9 Å². The van der Waals surface area contributed by atoms with Crippen LogP contribution < -0.4 is 4.90 Å². The number of amides is 2. The zero-order valence-corrected chi connectivity index (χ0v) is 16.3. The van der Waals surface area contributed by atoms with E-state index < -0.39 is 11.5 Å². The molecule has 7 nitrogen and oxygen atoms in total. The summed E-state index contributed by atoms with van der Waals surface area (Å²) in [5.41, 5.74) is 3.28. The third kappa shape index (κ3) is 2.42. The first-order valence-electron chi connectivity index (χ1n) is 9.14. The summed E-state index contributed by atoms with van der Waals surface area (Å²) in [6.07, 6.45) is 3.34. The fourth-order valence-corrected chi connectivity index (χ4v) is 4.91. The molecule has 1 aliphatic carbocycles. The Bertz CT molecular complexity index is 940. The number of hydrogen-bond acceptors (Lipinski definition) is 3. The van der Waals surface area contributed by atoms with Crippen LogP contribution in [0.2, 0.25) is 0 Å². The number of fused-ring (bicyclic) bond motifs is 3. The summed E-state index contributed by atoms with van der Waals surface area (Å²) in [4.78, 5) is 35.8. The summed E-state index contributed by atoms with van der Waals surface area (Å²) >= 11 is 3.48. The minimum Gasteiger partial charge on any atom is -0.465 e. The van der Waals surface area contributed by atoms with Gasteiger partial charge in [0.1, 0.15) is 11.2 Å². The molecule has 2 aliphatic heterocycles. The van der Waals surface area contributed by atoms with Crippen LogP contribution in [0.15, 0.2) is 22.7 Å². The number of aromatic nitrogens is 2. The Balaban J connectivity index is 1.49. The molecule has 0 bridgehead atoms. The lowest BCUT2D eigenvalue weighted by atomic mass is 9.75. The number of carbonyl (C=O) groups excluding carboxylic acids is 1. The van der Waals surface area contributed by atoms with Crippen molar-refractivity contribution in [2.45, 2.75) is 37.6 Å². The number of rotatable bonds is 2. The van der Waals surface area contributed by atoms with Gasteiger partial charge in [-0.3, -0.25) is 4.79 Å². The minimum absolute atomic E-state index is 0.0394. The van der Waals surface area contributed by atoms with E-state index in [2.05, 4.69) is 20.9 Å². The van der Waals surface area contributed by atoms with E-state index in [1.165, 1.54) is 17.0 Å². The van der Waals surface area contributed by atoms with Crippen molar-refractivity contribution in [1.29, 1.82) is 0 Å². The van der Waals surface area contributed by atoms with Crippen molar-refractivity contribution >= 4 is 33.6 Å². The van der Waals surface area contributed by atoms with Crippen molar-refractivity contribution in [2.24, 2.45) is 0 Å². The summed E-state index contributed by atoms with van der Waals surface area (Å²) < 4.78 is 0.887. The standard InChI is InChI=1S/C19H19BrN4O3/c20-11-5-6-15-12(7-11)19(9-23(10-19)18(26)27)17(25)24(15)8-16-21-13-3-1-2-4-14(13)22-16/h5-7H,1-4,8-10H2,(H,21,22)(H,26,27). The molecule has 3 aliphatic rings. The molecule has 8 heteroatoms. The predicted molar refractivity (Wildman–Crippen MR) is 102 cm³/mol. The topological polar surface area (TPSA) is 89.5 Å². The molecule has 2 aromatic rings. The number of halogens is 1. The smallest absolute Gasteiger partial charge is 0.407 e. The van der Waals surface area contributed by atoms with Crippen LogP contribution in [0.5, 0.6) is 0 Å².